The Kier molecular flexibility index (Phi) is 5.88. The molecule has 0 spiro atoms. The second-order valence-electron chi connectivity index (χ2n) is 7.19. The van der Waals surface area contributed by atoms with Gasteiger partial charge in [0.15, 0.2) is 0 Å². The number of hydrogen-bond acceptors (Lipinski definition) is 1. The van der Waals surface area contributed by atoms with Crippen molar-refractivity contribution < 1.29 is 0 Å². The van der Waals surface area contributed by atoms with E-state index in [9.17, 15) is 0 Å². The summed E-state index contributed by atoms with van der Waals surface area (Å²) >= 11 is 1.84. The van der Waals surface area contributed by atoms with Gasteiger partial charge in [0, 0.05) is 9.75 Å². The van der Waals surface area contributed by atoms with Gasteiger partial charge in [-0.3, -0.25) is 0 Å². The molecule has 0 aliphatic rings. The first-order valence-corrected chi connectivity index (χ1v) is 10.7. The Balaban J connectivity index is 1.65. The molecule has 1 aromatic heterocycles. The second-order valence-corrected chi connectivity index (χ2v) is 8.48. The molecule has 0 atom stereocenters. The summed E-state index contributed by atoms with van der Waals surface area (Å²) in [5.41, 5.74) is 7.48. The highest BCUT2D eigenvalue weighted by atomic mass is 32.1. The predicted molar refractivity (Wildman–Crippen MR) is 129 cm³/mol. The minimum Gasteiger partial charge on any atom is -0.141 e. The fourth-order valence-corrected chi connectivity index (χ4v) is 4.29. The molecule has 0 saturated carbocycles. The lowest BCUT2D eigenvalue weighted by Crippen LogP contribution is -1.85. The van der Waals surface area contributed by atoms with Crippen molar-refractivity contribution in [1.29, 1.82) is 0 Å². The van der Waals surface area contributed by atoms with Crippen LogP contribution in [0.3, 0.4) is 0 Å². The number of aryl methyl sites for hydroxylation is 1. The molecule has 0 bridgehead atoms. The highest BCUT2D eigenvalue weighted by Crippen LogP contribution is 2.31. The molecule has 4 rings (SSSR count). The molecule has 0 unspecified atom stereocenters. The Morgan fingerprint density at radius 3 is 1.72 bits per heavy atom. The number of hydrogen-bond donors (Lipinski definition) is 0. The second kappa shape index (κ2) is 8.89. The summed E-state index contributed by atoms with van der Waals surface area (Å²) in [5, 5.41) is 0. The van der Waals surface area contributed by atoms with Gasteiger partial charge in [-0.25, -0.2) is 0 Å². The maximum Gasteiger partial charge on any atom is 0.0351 e. The van der Waals surface area contributed by atoms with E-state index in [2.05, 4.69) is 123 Å². The summed E-state index contributed by atoms with van der Waals surface area (Å²) in [5.74, 6) is 0. The molecule has 4 aromatic rings. The molecule has 0 saturated heterocycles. The average molecular weight is 393 g/mol. The van der Waals surface area contributed by atoms with Crippen LogP contribution in [0, 0.1) is 6.92 Å². The lowest BCUT2D eigenvalue weighted by atomic mass is 10.00. The van der Waals surface area contributed by atoms with Crippen LogP contribution in [0.1, 0.15) is 38.9 Å². The standard InChI is InChI=1S/C28H24S/c1-21(25-9-5-3-6-10-25)19-23-14-16-24(17-15-23)20-27(26-11-7-4-8-12-26)28-18-13-22(2)29-28/h3-20H,1-2H3/b21-19-,27-20+. The van der Waals surface area contributed by atoms with Gasteiger partial charge in [-0.05, 0) is 65.5 Å². The van der Waals surface area contributed by atoms with Crippen molar-refractivity contribution in [2.45, 2.75) is 13.8 Å². The lowest BCUT2D eigenvalue weighted by molar-refractivity contribution is 1.56. The van der Waals surface area contributed by atoms with Crippen LogP contribution in [0.5, 0.6) is 0 Å². The van der Waals surface area contributed by atoms with Gasteiger partial charge in [-0.2, -0.15) is 0 Å². The Bertz CT molecular complexity index is 1130. The molecule has 0 fully saturated rings. The van der Waals surface area contributed by atoms with Crippen molar-refractivity contribution in [2.24, 2.45) is 0 Å². The van der Waals surface area contributed by atoms with Crippen molar-refractivity contribution in [3.05, 3.63) is 129 Å². The number of allylic oxidation sites excluding steroid dienone is 1. The third-order valence-electron chi connectivity index (χ3n) is 4.95. The van der Waals surface area contributed by atoms with Gasteiger partial charge >= 0.3 is 0 Å². The summed E-state index contributed by atoms with van der Waals surface area (Å²) in [6, 6.07) is 34.4. The summed E-state index contributed by atoms with van der Waals surface area (Å²) in [6.07, 6.45) is 4.53. The van der Waals surface area contributed by atoms with E-state index in [1.165, 1.54) is 43.2 Å². The molecule has 0 nitrogen and oxygen atoms in total. The van der Waals surface area contributed by atoms with Crippen LogP contribution in [0.2, 0.25) is 0 Å². The highest BCUT2D eigenvalue weighted by molar-refractivity contribution is 7.13. The quantitative estimate of drug-likeness (QED) is 0.300. The van der Waals surface area contributed by atoms with Crippen molar-refractivity contribution in [2.75, 3.05) is 0 Å². The monoisotopic (exact) mass is 392 g/mol. The highest BCUT2D eigenvalue weighted by Gasteiger charge is 2.07. The average Bonchev–Trinajstić information content (AvgIpc) is 3.20. The van der Waals surface area contributed by atoms with E-state index >= 15 is 0 Å². The van der Waals surface area contributed by atoms with E-state index in [1.54, 1.807) is 0 Å². The maximum absolute atomic E-state index is 2.29. The van der Waals surface area contributed by atoms with Crippen molar-refractivity contribution in [3.8, 4) is 0 Å². The zero-order valence-electron chi connectivity index (χ0n) is 16.8. The fourth-order valence-electron chi connectivity index (χ4n) is 3.38. The first-order chi connectivity index (χ1) is 14.2. The van der Waals surface area contributed by atoms with Crippen LogP contribution in [0.15, 0.2) is 97.1 Å². The van der Waals surface area contributed by atoms with E-state index in [0.29, 0.717) is 0 Å². The smallest absolute Gasteiger partial charge is 0.0351 e. The van der Waals surface area contributed by atoms with Gasteiger partial charge in [-0.15, -0.1) is 11.3 Å². The summed E-state index contributed by atoms with van der Waals surface area (Å²) in [4.78, 5) is 2.64. The van der Waals surface area contributed by atoms with E-state index in [0.717, 1.165) is 0 Å². The lowest BCUT2D eigenvalue weighted by Gasteiger charge is -2.07. The minimum absolute atomic E-state index is 1.21. The molecular formula is C28H24S. The van der Waals surface area contributed by atoms with Crippen LogP contribution in [-0.4, -0.2) is 0 Å². The van der Waals surface area contributed by atoms with Crippen LogP contribution in [-0.2, 0) is 0 Å². The van der Waals surface area contributed by atoms with E-state index in [4.69, 9.17) is 0 Å². The van der Waals surface area contributed by atoms with E-state index < -0.39 is 0 Å². The third kappa shape index (κ3) is 4.82. The Morgan fingerprint density at radius 2 is 1.17 bits per heavy atom. The van der Waals surface area contributed by atoms with Crippen LogP contribution in [0.4, 0.5) is 0 Å². The minimum atomic E-state index is 1.21. The van der Waals surface area contributed by atoms with Crippen molar-refractivity contribution in [3.63, 3.8) is 0 Å². The van der Waals surface area contributed by atoms with E-state index in [1.807, 2.05) is 11.3 Å². The third-order valence-corrected chi connectivity index (χ3v) is 5.98. The molecule has 0 N–H and O–H groups in total. The largest absolute Gasteiger partial charge is 0.141 e. The molecule has 1 heterocycles. The molecule has 0 aliphatic heterocycles. The first-order valence-electron chi connectivity index (χ1n) is 9.87. The first kappa shape index (κ1) is 19.2. The molecule has 0 amide bonds. The molecular weight excluding hydrogens is 368 g/mol. The van der Waals surface area contributed by atoms with Crippen LogP contribution in [0.25, 0.3) is 23.3 Å². The van der Waals surface area contributed by atoms with Crippen molar-refractivity contribution >= 4 is 34.6 Å². The summed E-state index contributed by atoms with van der Waals surface area (Å²) < 4.78 is 0. The summed E-state index contributed by atoms with van der Waals surface area (Å²) in [6.45, 7) is 4.32. The molecule has 1 heteroatoms. The number of rotatable bonds is 5. The number of benzene rings is 3. The summed E-state index contributed by atoms with van der Waals surface area (Å²) in [7, 11) is 0. The predicted octanol–water partition coefficient (Wildman–Crippen LogP) is 8.21. The maximum atomic E-state index is 2.29. The molecule has 3 aromatic carbocycles. The zero-order chi connectivity index (χ0) is 20.1. The normalized spacial score (nSPS) is 12.2. The Morgan fingerprint density at radius 1 is 0.621 bits per heavy atom. The van der Waals surface area contributed by atoms with Gasteiger partial charge in [0.2, 0.25) is 0 Å². The molecule has 142 valence electrons. The fraction of sp³-hybridized carbons (Fsp3) is 0.0714. The van der Waals surface area contributed by atoms with E-state index in [-0.39, 0.29) is 0 Å². The molecule has 0 aliphatic carbocycles. The van der Waals surface area contributed by atoms with Gasteiger partial charge in [-0.1, -0.05) is 91.0 Å². The molecule has 29 heavy (non-hydrogen) atoms. The van der Waals surface area contributed by atoms with Crippen molar-refractivity contribution in [1.82, 2.24) is 0 Å². The SMILES string of the molecule is C/C(=C/c1ccc(/C=C(\c2ccccc2)c2ccc(C)s2)cc1)c1ccccc1. The van der Waals surface area contributed by atoms with Crippen LogP contribution < -0.4 is 0 Å². The number of thiophene rings is 1. The Labute approximate surface area is 177 Å². The van der Waals surface area contributed by atoms with Gasteiger partial charge in [0.25, 0.3) is 0 Å². The zero-order valence-corrected chi connectivity index (χ0v) is 17.6. The van der Waals surface area contributed by atoms with Gasteiger partial charge in [0.05, 0.1) is 0 Å². The Hall–Kier alpha value is -3.16. The molecule has 0 radical (unpaired) electrons. The van der Waals surface area contributed by atoms with Gasteiger partial charge < -0.3 is 0 Å². The van der Waals surface area contributed by atoms with Crippen LogP contribution >= 0.6 is 11.3 Å². The topological polar surface area (TPSA) is 0 Å². The van der Waals surface area contributed by atoms with Gasteiger partial charge in [0.1, 0.15) is 0 Å².